The molecule has 0 unspecified atom stereocenters. The van der Waals surface area contributed by atoms with Crippen LogP contribution in [-0.4, -0.2) is 37.0 Å². The number of carbonyl (C=O) groups is 3. The van der Waals surface area contributed by atoms with Gasteiger partial charge < -0.3 is 15.8 Å². The Morgan fingerprint density at radius 1 is 1.33 bits per heavy atom. The zero-order valence-electron chi connectivity index (χ0n) is 12.0. The molecule has 1 aromatic rings. The molecule has 2 amide bonds. The van der Waals surface area contributed by atoms with E-state index in [2.05, 4.69) is 5.32 Å². The van der Waals surface area contributed by atoms with Gasteiger partial charge >= 0.3 is 0 Å². The van der Waals surface area contributed by atoms with Crippen molar-refractivity contribution >= 4 is 29.4 Å². The molecule has 0 spiro atoms. The van der Waals surface area contributed by atoms with Crippen LogP contribution in [0.5, 0.6) is 5.75 Å². The predicted molar refractivity (Wildman–Crippen MR) is 81.4 cm³/mol. The molecule has 0 aliphatic rings. The highest BCUT2D eigenvalue weighted by Crippen LogP contribution is 2.24. The van der Waals surface area contributed by atoms with Crippen LogP contribution >= 0.6 is 11.8 Å². The lowest BCUT2D eigenvalue weighted by atomic mass is 10.1. The minimum Gasteiger partial charge on any atom is -0.496 e. The van der Waals surface area contributed by atoms with Gasteiger partial charge in [-0.2, -0.15) is 0 Å². The largest absolute Gasteiger partial charge is 0.496 e. The first-order chi connectivity index (χ1) is 9.93. The van der Waals surface area contributed by atoms with Crippen molar-refractivity contribution in [2.24, 2.45) is 5.73 Å². The van der Waals surface area contributed by atoms with Crippen LogP contribution in [0, 0.1) is 0 Å². The van der Waals surface area contributed by atoms with Crippen LogP contribution in [0.4, 0.5) is 0 Å². The lowest BCUT2D eigenvalue weighted by Gasteiger charge is -2.09. The summed E-state index contributed by atoms with van der Waals surface area (Å²) in [6.45, 7) is 1.33. The second-order valence-corrected chi connectivity index (χ2v) is 5.30. The van der Waals surface area contributed by atoms with Gasteiger partial charge in [0.15, 0.2) is 5.78 Å². The minimum atomic E-state index is -0.579. The van der Waals surface area contributed by atoms with Crippen molar-refractivity contribution in [3.05, 3.63) is 29.3 Å². The fourth-order valence-electron chi connectivity index (χ4n) is 1.60. The maximum atomic E-state index is 11.4. The molecule has 0 radical (unpaired) electrons. The van der Waals surface area contributed by atoms with Gasteiger partial charge in [0, 0.05) is 16.9 Å². The van der Waals surface area contributed by atoms with E-state index in [-0.39, 0.29) is 24.0 Å². The summed E-state index contributed by atoms with van der Waals surface area (Å²) in [6.07, 6.45) is 0. The van der Waals surface area contributed by atoms with E-state index in [1.807, 2.05) is 0 Å². The van der Waals surface area contributed by atoms with Crippen molar-refractivity contribution in [2.75, 3.05) is 19.4 Å². The second-order valence-electron chi connectivity index (χ2n) is 4.32. The molecule has 114 valence electrons. The fraction of sp³-hybridized carbons (Fsp3) is 0.357. The quantitative estimate of drug-likeness (QED) is 0.690. The second kappa shape index (κ2) is 8.31. The molecular formula is C14H18N2O4S. The number of hydrogen-bond acceptors (Lipinski definition) is 5. The topological polar surface area (TPSA) is 98.5 Å². The molecule has 0 saturated heterocycles. The van der Waals surface area contributed by atoms with Gasteiger partial charge in [0.2, 0.25) is 11.8 Å². The van der Waals surface area contributed by atoms with Crippen LogP contribution in [0.25, 0.3) is 0 Å². The first-order valence-electron chi connectivity index (χ1n) is 6.24. The molecule has 6 nitrogen and oxygen atoms in total. The highest BCUT2D eigenvalue weighted by molar-refractivity contribution is 7.99. The van der Waals surface area contributed by atoms with Gasteiger partial charge in [-0.3, -0.25) is 14.4 Å². The summed E-state index contributed by atoms with van der Waals surface area (Å²) < 4.78 is 5.23. The van der Waals surface area contributed by atoms with Gasteiger partial charge in [0.25, 0.3) is 0 Å². The van der Waals surface area contributed by atoms with E-state index in [0.717, 1.165) is 5.56 Å². The smallest absolute Gasteiger partial charge is 0.236 e. The maximum Gasteiger partial charge on any atom is 0.236 e. The van der Waals surface area contributed by atoms with Crippen molar-refractivity contribution < 1.29 is 19.1 Å². The molecule has 21 heavy (non-hydrogen) atoms. The number of Topliss-reactive ketones (excluding diaryl/α,β-unsaturated/α-hetero) is 1. The molecule has 3 N–H and O–H groups in total. The standard InChI is InChI=1S/C14H18N2O4S/c1-9(17)10-3-4-12(20-2)11(5-10)7-21-8-14(19)16-6-13(15)18/h3-5H,6-8H2,1-2H3,(H2,15,18)(H,16,19). The number of rotatable bonds is 8. The number of hydrogen-bond donors (Lipinski definition) is 2. The number of ketones is 1. The Morgan fingerprint density at radius 3 is 2.62 bits per heavy atom. The number of amides is 2. The van der Waals surface area contributed by atoms with Crippen LogP contribution in [-0.2, 0) is 15.3 Å². The predicted octanol–water partition coefficient (Wildman–Crippen LogP) is 0.732. The Bertz CT molecular complexity index is 546. The van der Waals surface area contributed by atoms with E-state index in [0.29, 0.717) is 17.1 Å². The number of nitrogens with one attached hydrogen (secondary N) is 1. The van der Waals surface area contributed by atoms with Gasteiger partial charge in [0.1, 0.15) is 5.75 Å². The number of primary amides is 1. The van der Waals surface area contributed by atoms with Gasteiger partial charge in [-0.25, -0.2) is 0 Å². The van der Waals surface area contributed by atoms with Crippen LogP contribution in [0.3, 0.4) is 0 Å². The number of carbonyl (C=O) groups excluding carboxylic acids is 3. The molecule has 0 aliphatic heterocycles. The third kappa shape index (κ3) is 5.86. The minimum absolute atomic E-state index is 0.0249. The van der Waals surface area contributed by atoms with Crippen molar-refractivity contribution in [3.63, 3.8) is 0 Å². The molecule has 0 heterocycles. The molecular weight excluding hydrogens is 292 g/mol. The fourth-order valence-corrected chi connectivity index (χ4v) is 2.44. The van der Waals surface area contributed by atoms with E-state index in [9.17, 15) is 14.4 Å². The molecule has 1 aromatic carbocycles. The molecule has 0 fully saturated rings. The summed E-state index contributed by atoms with van der Waals surface area (Å²) in [5, 5.41) is 2.41. The summed E-state index contributed by atoms with van der Waals surface area (Å²) in [7, 11) is 1.55. The Balaban J connectivity index is 2.57. The first kappa shape index (κ1) is 17.0. The molecule has 0 saturated carbocycles. The van der Waals surface area contributed by atoms with E-state index in [4.69, 9.17) is 10.5 Å². The van der Waals surface area contributed by atoms with E-state index in [1.165, 1.54) is 18.7 Å². The third-order valence-corrected chi connectivity index (χ3v) is 3.62. The molecule has 0 aliphatic carbocycles. The number of nitrogens with two attached hydrogens (primary N) is 1. The van der Waals surface area contributed by atoms with Gasteiger partial charge in [-0.15, -0.1) is 11.8 Å². The number of methoxy groups -OCH3 is 1. The Morgan fingerprint density at radius 2 is 2.05 bits per heavy atom. The van der Waals surface area contributed by atoms with Crippen molar-refractivity contribution in [1.82, 2.24) is 5.32 Å². The van der Waals surface area contributed by atoms with Crippen molar-refractivity contribution in [1.29, 1.82) is 0 Å². The average molecular weight is 310 g/mol. The molecule has 7 heteroatoms. The molecule has 1 rings (SSSR count). The van der Waals surface area contributed by atoms with Gasteiger partial charge in [-0.1, -0.05) is 0 Å². The third-order valence-electron chi connectivity index (χ3n) is 2.64. The van der Waals surface area contributed by atoms with Crippen LogP contribution in [0.1, 0.15) is 22.8 Å². The highest BCUT2D eigenvalue weighted by Gasteiger charge is 2.09. The van der Waals surface area contributed by atoms with Crippen LogP contribution in [0.15, 0.2) is 18.2 Å². The van der Waals surface area contributed by atoms with Gasteiger partial charge in [-0.05, 0) is 25.1 Å². The Labute approximate surface area is 127 Å². The van der Waals surface area contributed by atoms with Crippen LogP contribution < -0.4 is 15.8 Å². The normalized spacial score (nSPS) is 10.0. The maximum absolute atomic E-state index is 11.4. The Hall–Kier alpha value is -2.02. The molecule has 0 aromatic heterocycles. The molecule has 0 bridgehead atoms. The summed E-state index contributed by atoms with van der Waals surface area (Å²) in [5.41, 5.74) is 6.38. The van der Waals surface area contributed by atoms with Crippen molar-refractivity contribution in [2.45, 2.75) is 12.7 Å². The number of thioether (sulfide) groups is 1. The monoisotopic (exact) mass is 310 g/mol. The highest BCUT2D eigenvalue weighted by atomic mass is 32.2. The van der Waals surface area contributed by atoms with E-state index < -0.39 is 5.91 Å². The zero-order chi connectivity index (χ0) is 15.8. The summed E-state index contributed by atoms with van der Waals surface area (Å²) in [6, 6.07) is 5.20. The average Bonchev–Trinajstić information content (AvgIpc) is 2.44. The summed E-state index contributed by atoms with van der Waals surface area (Å²) in [4.78, 5) is 33.4. The molecule has 0 atom stereocenters. The van der Waals surface area contributed by atoms with Crippen molar-refractivity contribution in [3.8, 4) is 5.75 Å². The van der Waals surface area contributed by atoms with E-state index in [1.54, 1.807) is 25.3 Å². The summed E-state index contributed by atoms with van der Waals surface area (Å²) >= 11 is 1.36. The Kier molecular flexibility index (Phi) is 6.74. The first-order valence-corrected chi connectivity index (χ1v) is 7.40. The SMILES string of the molecule is COc1ccc(C(C)=O)cc1CSCC(=O)NCC(N)=O. The summed E-state index contributed by atoms with van der Waals surface area (Å²) in [5.74, 6) is 0.521. The number of benzene rings is 1. The lowest BCUT2D eigenvalue weighted by Crippen LogP contribution is -2.34. The van der Waals surface area contributed by atoms with Crippen LogP contribution in [0.2, 0.25) is 0 Å². The van der Waals surface area contributed by atoms with Gasteiger partial charge in [0.05, 0.1) is 19.4 Å². The van der Waals surface area contributed by atoms with E-state index >= 15 is 0 Å². The zero-order valence-corrected chi connectivity index (χ0v) is 12.8. The lowest BCUT2D eigenvalue weighted by molar-refractivity contribution is -0.123. The number of ether oxygens (including phenoxy) is 1.